The second-order valence-corrected chi connectivity index (χ2v) is 8.40. The van der Waals surface area contributed by atoms with Gasteiger partial charge in [-0.2, -0.15) is 11.8 Å². The first kappa shape index (κ1) is 18.1. The largest absolute Gasteiger partial charge is 0.341 e. The Hall–Kier alpha value is -0.710. The number of aryl methyl sites for hydroxylation is 1. The smallest absolute Gasteiger partial charge is 0.222 e. The molecule has 2 aliphatic heterocycles. The molecular formula is C19H27ClN2OS. The van der Waals surface area contributed by atoms with Gasteiger partial charge in [0.15, 0.2) is 0 Å². The normalized spacial score (nSPS) is 20.8. The van der Waals surface area contributed by atoms with E-state index in [-0.39, 0.29) is 5.91 Å². The molecule has 0 atom stereocenters. The van der Waals surface area contributed by atoms with Crippen molar-refractivity contribution in [3.05, 3.63) is 34.9 Å². The van der Waals surface area contributed by atoms with E-state index in [0.29, 0.717) is 6.42 Å². The van der Waals surface area contributed by atoms with Crippen LogP contribution in [0, 0.1) is 0 Å². The van der Waals surface area contributed by atoms with Crippen LogP contribution in [0.15, 0.2) is 24.3 Å². The van der Waals surface area contributed by atoms with E-state index in [1.54, 1.807) is 0 Å². The molecule has 2 fully saturated rings. The number of hydrogen-bond donors (Lipinski definition) is 0. The molecule has 3 rings (SSSR count). The van der Waals surface area contributed by atoms with E-state index in [1.807, 2.05) is 24.3 Å². The molecule has 2 saturated heterocycles. The standard InChI is InChI=1S/C19H27ClN2OS/c20-17-4-1-3-16(15-17)5-6-19(23)22-10-2-9-21(11-12-22)18-7-13-24-14-8-18/h1,3-4,15,18H,2,5-14H2. The van der Waals surface area contributed by atoms with Crippen LogP contribution < -0.4 is 0 Å². The lowest BCUT2D eigenvalue weighted by molar-refractivity contribution is -0.131. The highest BCUT2D eigenvalue weighted by molar-refractivity contribution is 7.99. The molecule has 0 spiro atoms. The van der Waals surface area contributed by atoms with Crippen LogP contribution in [0.3, 0.4) is 0 Å². The molecule has 1 amide bonds. The van der Waals surface area contributed by atoms with Crippen LogP contribution in [0.4, 0.5) is 0 Å². The number of benzene rings is 1. The Morgan fingerprint density at radius 3 is 2.79 bits per heavy atom. The first-order valence-corrected chi connectivity index (χ1v) is 10.6. The number of carbonyl (C=O) groups is 1. The van der Waals surface area contributed by atoms with Crippen molar-refractivity contribution in [2.45, 2.75) is 38.1 Å². The third-order valence-electron chi connectivity index (χ3n) is 5.11. The molecule has 5 heteroatoms. The summed E-state index contributed by atoms with van der Waals surface area (Å²) in [5, 5.41) is 0.746. The highest BCUT2D eigenvalue weighted by atomic mass is 35.5. The van der Waals surface area contributed by atoms with Gasteiger partial charge in [0.25, 0.3) is 0 Å². The minimum absolute atomic E-state index is 0.288. The van der Waals surface area contributed by atoms with Gasteiger partial charge in [-0.3, -0.25) is 9.69 Å². The molecule has 0 unspecified atom stereocenters. The summed E-state index contributed by atoms with van der Waals surface area (Å²) < 4.78 is 0. The fraction of sp³-hybridized carbons (Fsp3) is 0.632. The average Bonchev–Trinajstić information content (AvgIpc) is 2.87. The van der Waals surface area contributed by atoms with Gasteiger partial charge >= 0.3 is 0 Å². The number of hydrogen-bond acceptors (Lipinski definition) is 3. The fourth-order valence-corrected chi connectivity index (χ4v) is 5.00. The molecule has 132 valence electrons. The number of carbonyl (C=O) groups excluding carboxylic acids is 1. The van der Waals surface area contributed by atoms with Gasteiger partial charge in [0, 0.05) is 43.7 Å². The molecule has 0 N–H and O–H groups in total. The van der Waals surface area contributed by atoms with E-state index in [2.05, 4.69) is 21.6 Å². The van der Waals surface area contributed by atoms with E-state index in [4.69, 9.17) is 11.6 Å². The minimum Gasteiger partial charge on any atom is -0.341 e. The van der Waals surface area contributed by atoms with Gasteiger partial charge in [0.1, 0.15) is 0 Å². The van der Waals surface area contributed by atoms with Crippen molar-refractivity contribution >= 4 is 29.3 Å². The maximum absolute atomic E-state index is 12.6. The molecule has 2 aliphatic rings. The van der Waals surface area contributed by atoms with Crippen LogP contribution in [0.5, 0.6) is 0 Å². The van der Waals surface area contributed by atoms with Crippen LogP contribution in [0.2, 0.25) is 5.02 Å². The molecule has 0 aliphatic carbocycles. The van der Waals surface area contributed by atoms with Crippen molar-refractivity contribution in [1.82, 2.24) is 9.80 Å². The van der Waals surface area contributed by atoms with Gasteiger partial charge in [-0.15, -0.1) is 0 Å². The molecule has 0 bridgehead atoms. The predicted molar refractivity (Wildman–Crippen MR) is 103 cm³/mol. The summed E-state index contributed by atoms with van der Waals surface area (Å²) in [4.78, 5) is 17.3. The zero-order valence-corrected chi connectivity index (χ0v) is 15.8. The molecule has 0 radical (unpaired) electrons. The SMILES string of the molecule is O=C(CCc1cccc(Cl)c1)N1CCCN(C2CCSCC2)CC1. The van der Waals surface area contributed by atoms with Crippen molar-refractivity contribution in [2.75, 3.05) is 37.7 Å². The van der Waals surface area contributed by atoms with Gasteiger partial charge in [-0.1, -0.05) is 23.7 Å². The van der Waals surface area contributed by atoms with Gasteiger partial charge in [-0.05, 0) is 54.9 Å². The average molecular weight is 367 g/mol. The fourth-order valence-electron chi connectivity index (χ4n) is 3.70. The summed E-state index contributed by atoms with van der Waals surface area (Å²) in [6.45, 7) is 3.98. The Kier molecular flexibility index (Phi) is 6.87. The lowest BCUT2D eigenvalue weighted by atomic mass is 10.1. The molecule has 1 aromatic carbocycles. The van der Waals surface area contributed by atoms with Crippen molar-refractivity contribution in [2.24, 2.45) is 0 Å². The molecule has 24 heavy (non-hydrogen) atoms. The zero-order chi connectivity index (χ0) is 16.8. The lowest BCUT2D eigenvalue weighted by Crippen LogP contribution is -2.41. The number of thioether (sulfide) groups is 1. The van der Waals surface area contributed by atoms with Gasteiger partial charge in [0.2, 0.25) is 5.91 Å². The summed E-state index contributed by atoms with van der Waals surface area (Å²) in [5.74, 6) is 2.88. The topological polar surface area (TPSA) is 23.6 Å². The number of rotatable bonds is 4. The lowest BCUT2D eigenvalue weighted by Gasteiger charge is -2.33. The molecular weight excluding hydrogens is 340 g/mol. The van der Waals surface area contributed by atoms with Gasteiger partial charge in [-0.25, -0.2) is 0 Å². The van der Waals surface area contributed by atoms with Gasteiger partial charge < -0.3 is 4.90 Å². The van der Waals surface area contributed by atoms with E-state index in [0.717, 1.165) is 55.6 Å². The first-order valence-electron chi connectivity index (χ1n) is 9.06. The number of halogens is 1. The number of amides is 1. The monoisotopic (exact) mass is 366 g/mol. The summed E-state index contributed by atoms with van der Waals surface area (Å²) in [5.41, 5.74) is 1.15. The van der Waals surface area contributed by atoms with Gasteiger partial charge in [0.05, 0.1) is 0 Å². The summed E-state index contributed by atoms with van der Waals surface area (Å²) in [6.07, 6.45) is 5.09. The Bertz CT molecular complexity index is 548. The summed E-state index contributed by atoms with van der Waals surface area (Å²) in [6, 6.07) is 8.58. The molecule has 1 aromatic rings. The molecule has 0 saturated carbocycles. The van der Waals surface area contributed by atoms with E-state index < -0.39 is 0 Å². The summed E-state index contributed by atoms with van der Waals surface area (Å²) in [7, 11) is 0. The Labute approximate surface area is 154 Å². The highest BCUT2D eigenvalue weighted by Gasteiger charge is 2.25. The van der Waals surface area contributed by atoms with E-state index in [9.17, 15) is 4.79 Å². The second kappa shape index (κ2) is 9.12. The van der Waals surface area contributed by atoms with Crippen molar-refractivity contribution in [3.8, 4) is 0 Å². The summed E-state index contributed by atoms with van der Waals surface area (Å²) >= 11 is 8.10. The second-order valence-electron chi connectivity index (χ2n) is 6.74. The van der Waals surface area contributed by atoms with Crippen molar-refractivity contribution in [3.63, 3.8) is 0 Å². The number of nitrogens with zero attached hydrogens (tertiary/aromatic N) is 2. The van der Waals surface area contributed by atoms with Crippen molar-refractivity contribution < 1.29 is 4.79 Å². The maximum Gasteiger partial charge on any atom is 0.222 e. The van der Waals surface area contributed by atoms with Crippen LogP contribution >= 0.6 is 23.4 Å². The third-order valence-corrected chi connectivity index (χ3v) is 6.39. The first-order chi connectivity index (χ1) is 11.7. The Morgan fingerprint density at radius 2 is 2.00 bits per heavy atom. The van der Waals surface area contributed by atoms with E-state index in [1.165, 1.54) is 24.3 Å². The molecule has 2 heterocycles. The Balaban J connectivity index is 1.47. The van der Waals surface area contributed by atoms with E-state index >= 15 is 0 Å². The van der Waals surface area contributed by atoms with Crippen LogP contribution in [-0.4, -0.2) is 59.4 Å². The zero-order valence-electron chi connectivity index (χ0n) is 14.3. The molecule has 0 aromatic heterocycles. The third kappa shape index (κ3) is 5.14. The predicted octanol–water partition coefficient (Wildman–Crippen LogP) is 3.70. The van der Waals surface area contributed by atoms with Crippen LogP contribution in [0.25, 0.3) is 0 Å². The van der Waals surface area contributed by atoms with Crippen LogP contribution in [0.1, 0.15) is 31.2 Å². The molecule has 3 nitrogen and oxygen atoms in total. The highest BCUT2D eigenvalue weighted by Crippen LogP contribution is 2.23. The van der Waals surface area contributed by atoms with Crippen LogP contribution in [-0.2, 0) is 11.2 Å². The maximum atomic E-state index is 12.6. The Morgan fingerprint density at radius 1 is 1.17 bits per heavy atom. The quantitative estimate of drug-likeness (QED) is 0.811. The minimum atomic E-state index is 0.288. The van der Waals surface area contributed by atoms with Crippen molar-refractivity contribution in [1.29, 1.82) is 0 Å².